The van der Waals surface area contributed by atoms with Gasteiger partial charge >= 0.3 is 5.97 Å². The quantitative estimate of drug-likeness (QED) is 0.557. The summed E-state index contributed by atoms with van der Waals surface area (Å²) in [7, 11) is 1.74. The molecule has 0 saturated heterocycles. The first-order chi connectivity index (χ1) is 10.5. The molecule has 0 aromatic carbocycles. The maximum Gasteiger partial charge on any atom is 0.320 e. The van der Waals surface area contributed by atoms with Crippen molar-refractivity contribution in [1.29, 1.82) is 0 Å². The largest absolute Gasteiger partial charge is 0.434 e. The van der Waals surface area contributed by atoms with Crippen LogP contribution in [0.25, 0.3) is 0 Å². The van der Waals surface area contributed by atoms with Crippen molar-refractivity contribution in [3.8, 4) is 0 Å². The lowest BCUT2D eigenvalue weighted by molar-refractivity contribution is -0.143. The fourth-order valence-corrected chi connectivity index (χ4v) is 3.00. The van der Waals surface area contributed by atoms with Crippen molar-refractivity contribution in [2.45, 2.75) is 52.2 Å². The first-order valence-electron chi connectivity index (χ1n) is 8.21. The predicted molar refractivity (Wildman–Crippen MR) is 85.2 cm³/mol. The maximum absolute atomic E-state index is 11.4. The third kappa shape index (κ3) is 4.43. The average molecular weight is 308 g/mol. The van der Waals surface area contributed by atoms with Crippen LogP contribution in [0.2, 0.25) is 0 Å². The van der Waals surface area contributed by atoms with Gasteiger partial charge in [-0.2, -0.15) is 0 Å². The zero-order chi connectivity index (χ0) is 16.1. The fraction of sp³-hybridized carbons (Fsp3) is 0.722. The number of esters is 1. The molecule has 2 aliphatic rings. The van der Waals surface area contributed by atoms with Gasteiger partial charge in [0, 0.05) is 7.11 Å². The minimum atomic E-state index is -0.265. The van der Waals surface area contributed by atoms with Gasteiger partial charge < -0.3 is 14.2 Å². The van der Waals surface area contributed by atoms with Crippen LogP contribution in [0.4, 0.5) is 0 Å². The van der Waals surface area contributed by atoms with Crippen molar-refractivity contribution in [3.05, 3.63) is 24.0 Å². The lowest BCUT2D eigenvalue weighted by atomic mass is 9.83. The molecule has 0 amide bonds. The summed E-state index contributed by atoms with van der Waals surface area (Å²) in [5, 5.41) is 0. The van der Waals surface area contributed by atoms with Crippen LogP contribution < -0.4 is 0 Å². The van der Waals surface area contributed by atoms with Crippen molar-refractivity contribution in [3.63, 3.8) is 0 Å². The highest BCUT2D eigenvalue weighted by Gasteiger charge is 2.32. The number of rotatable bonds is 6. The Morgan fingerprint density at radius 1 is 1.41 bits per heavy atom. The Kier molecular flexibility index (Phi) is 6.21. The van der Waals surface area contributed by atoms with Gasteiger partial charge in [0.2, 0.25) is 0 Å². The maximum atomic E-state index is 11.4. The van der Waals surface area contributed by atoms with E-state index in [0.29, 0.717) is 18.4 Å². The molecule has 1 heterocycles. The molecule has 2 rings (SSSR count). The van der Waals surface area contributed by atoms with Gasteiger partial charge in [-0.05, 0) is 44.1 Å². The van der Waals surface area contributed by atoms with E-state index in [4.69, 9.17) is 14.2 Å². The fourth-order valence-electron chi connectivity index (χ4n) is 3.00. The molecule has 4 nitrogen and oxygen atoms in total. The molecule has 1 aliphatic heterocycles. The van der Waals surface area contributed by atoms with Gasteiger partial charge in [-0.3, -0.25) is 4.79 Å². The van der Waals surface area contributed by atoms with Crippen LogP contribution in [-0.4, -0.2) is 31.9 Å². The summed E-state index contributed by atoms with van der Waals surface area (Å²) in [6, 6.07) is 0. The third-order valence-electron chi connectivity index (χ3n) is 4.77. The van der Waals surface area contributed by atoms with E-state index in [1.807, 2.05) is 0 Å². The number of allylic oxidation sites excluding steroid dienone is 2. The Morgan fingerprint density at radius 2 is 2.18 bits per heavy atom. The van der Waals surface area contributed by atoms with Gasteiger partial charge in [0.25, 0.3) is 0 Å². The standard InChI is InChI=1S/C18H28O4/c1-12(2)13(3)9-14-5-6-16(17(10-14)20-4)22-11-15-7-8-21-18(15)19/h7-9,12,14-17H,5-6,10-11H2,1-4H3/b13-9+/t14?,15?,16?,17-/m1/s1. The summed E-state index contributed by atoms with van der Waals surface area (Å²) >= 11 is 0. The molecule has 4 heteroatoms. The molecule has 1 saturated carbocycles. The van der Waals surface area contributed by atoms with Crippen LogP contribution in [0, 0.1) is 17.8 Å². The Hall–Kier alpha value is -1.13. The molecular weight excluding hydrogens is 280 g/mol. The van der Waals surface area contributed by atoms with E-state index < -0.39 is 0 Å². The SMILES string of the molecule is CO[C@@H]1CC(/C=C(\C)C(C)C)CCC1OCC1C=COC1=O. The second kappa shape index (κ2) is 7.93. The highest BCUT2D eigenvalue weighted by Crippen LogP contribution is 2.31. The lowest BCUT2D eigenvalue weighted by Crippen LogP contribution is -2.38. The van der Waals surface area contributed by atoms with Crippen molar-refractivity contribution in [2.75, 3.05) is 13.7 Å². The van der Waals surface area contributed by atoms with Crippen LogP contribution in [0.5, 0.6) is 0 Å². The summed E-state index contributed by atoms with van der Waals surface area (Å²) in [6.07, 6.45) is 8.81. The summed E-state index contributed by atoms with van der Waals surface area (Å²) in [4.78, 5) is 11.4. The molecule has 0 bridgehead atoms. The van der Waals surface area contributed by atoms with E-state index >= 15 is 0 Å². The van der Waals surface area contributed by atoms with Crippen LogP contribution in [-0.2, 0) is 19.0 Å². The first kappa shape index (κ1) is 17.2. The molecule has 3 unspecified atom stereocenters. The topological polar surface area (TPSA) is 44.8 Å². The number of methoxy groups -OCH3 is 1. The van der Waals surface area contributed by atoms with E-state index in [1.54, 1.807) is 13.2 Å². The molecular formula is C18H28O4. The summed E-state index contributed by atoms with van der Waals surface area (Å²) in [5.41, 5.74) is 1.44. The van der Waals surface area contributed by atoms with Crippen LogP contribution in [0.15, 0.2) is 24.0 Å². The third-order valence-corrected chi connectivity index (χ3v) is 4.77. The molecule has 1 fully saturated rings. The van der Waals surface area contributed by atoms with Crippen LogP contribution >= 0.6 is 0 Å². The van der Waals surface area contributed by atoms with Gasteiger partial charge in [-0.1, -0.05) is 25.5 Å². The molecule has 4 atom stereocenters. The average Bonchev–Trinajstić information content (AvgIpc) is 2.90. The smallest absolute Gasteiger partial charge is 0.320 e. The number of cyclic esters (lactones) is 1. The van der Waals surface area contributed by atoms with E-state index in [-0.39, 0.29) is 24.1 Å². The summed E-state index contributed by atoms with van der Waals surface area (Å²) < 4.78 is 16.4. The molecule has 0 radical (unpaired) electrons. The minimum Gasteiger partial charge on any atom is -0.434 e. The highest BCUT2D eigenvalue weighted by atomic mass is 16.5. The van der Waals surface area contributed by atoms with Gasteiger partial charge in [0.05, 0.1) is 25.1 Å². The molecule has 0 aromatic rings. The van der Waals surface area contributed by atoms with Crippen molar-refractivity contribution < 1.29 is 19.0 Å². The van der Waals surface area contributed by atoms with Gasteiger partial charge in [0.15, 0.2) is 0 Å². The monoisotopic (exact) mass is 308 g/mol. The van der Waals surface area contributed by atoms with E-state index in [1.165, 1.54) is 11.8 Å². The van der Waals surface area contributed by atoms with Crippen LogP contribution in [0.1, 0.15) is 40.0 Å². The Bertz CT molecular complexity index is 438. The molecule has 0 spiro atoms. The molecule has 0 aromatic heterocycles. The minimum absolute atomic E-state index is 0.0656. The van der Waals surface area contributed by atoms with Gasteiger partial charge in [-0.25, -0.2) is 0 Å². The summed E-state index contributed by atoms with van der Waals surface area (Å²) in [5.74, 6) is 0.662. The highest BCUT2D eigenvalue weighted by molar-refractivity contribution is 5.77. The van der Waals surface area contributed by atoms with E-state index in [2.05, 4.69) is 26.8 Å². The normalized spacial score (nSPS) is 32.6. The number of ether oxygens (including phenoxy) is 3. The predicted octanol–water partition coefficient (Wildman–Crippen LogP) is 3.48. The number of hydrogen-bond acceptors (Lipinski definition) is 4. The van der Waals surface area contributed by atoms with Crippen molar-refractivity contribution >= 4 is 5.97 Å². The second-order valence-corrected chi connectivity index (χ2v) is 6.66. The molecule has 0 N–H and O–H groups in total. The molecule has 1 aliphatic carbocycles. The summed E-state index contributed by atoms with van der Waals surface area (Å²) in [6.45, 7) is 7.03. The van der Waals surface area contributed by atoms with Crippen molar-refractivity contribution in [2.24, 2.45) is 17.8 Å². The van der Waals surface area contributed by atoms with Gasteiger partial charge in [-0.15, -0.1) is 0 Å². The lowest BCUT2D eigenvalue weighted by Gasteiger charge is -2.34. The number of carbonyl (C=O) groups is 1. The first-order valence-corrected chi connectivity index (χ1v) is 8.21. The van der Waals surface area contributed by atoms with E-state index in [9.17, 15) is 4.79 Å². The van der Waals surface area contributed by atoms with E-state index in [0.717, 1.165) is 19.3 Å². The van der Waals surface area contributed by atoms with Gasteiger partial charge in [0.1, 0.15) is 5.92 Å². The number of carbonyl (C=O) groups excluding carboxylic acids is 1. The zero-order valence-corrected chi connectivity index (χ0v) is 14.1. The second-order valence-electron chi connectivity index (χ2n) is 6.66. The zero-order valence-electron chi connectivity index (χ0n) is 14.1. The molecule has 124 valence electrons. The number of hydrogen-bond donors (Lipinski definition) is 0. The van der Waals surface area contributed by atoms with Crippen molar-refractivity contribution in [1.82, 2.24) is 0 Å². The van der Waals surface area contributed by atoms with Crippen LogP contribution in [0.3, 0.4) is 0 Å². The Balaban J connectivity index is 1.86. The Labute approximate surface area is 133 Å². The molecule has 22 heavy (non-hydrogen) atoms. The Morgan fingerprint density at radius 3 is 2.77 bits per heavy atom.